The maximum absolute atomic E-state index is 10.4. The number of aromatic carboxylic acids is 1. The molecule has 0 saturated heterocycles. The molecule has 13 heavy (non-hydrogen) atoms. The highest BCUT2D eigenvalue weighted by Gasteiger charge is 2.10. The first-order valence-corrected chi connectivity index (χ1v) is 4.95. The Morgan fingerprint density at radius 1 is 1.77 bits per heavy atom. The van der Waals surface area contributed by atoms with Crippen LogP contribution in [0, 0.1) is 0 Å². The molecule has 1 aromatic rings. The number of carboxylic acid groups (broad SMARTS) is 1. The SMILES string of the molecule is CC(C)SCc1cc(C(=O)O)no1. The lowest BCUT2D eigenvalue weighted by Crippen LogP contribution is -1.94. The lowest BCUT2D eigenvalue weighted by atomic mass is 10.4. The molecule has 4 nitrogen and oxygen atoms in total. The first-order valence-electron chi connectivity index (χ1n) is 3.90. The third-order valence-corrected chi connectivity index (χ3v) is 2.45. The zero-order valence-corrected chi connectivity index (χ0v) is 8.30. The van der Waals surface area contributed by atoms with E-state index in [2.05, 4.69) is 19.0 Å². The summed E-state index contributed by atoms with van der Waals surface area (Å²) in [4.78, 5) is 10.4. The Balaban J connectivity index is 2.54. The molecule has 0 unspecified atom stereocenters. The lowest BCUT2D eigenvalue weighted by Gasteiger charge is -1.99. The van der Waals surface area contributed by atoms with Gasteiger partial charge in [-0.3, -0.25) is 0 Å². The Morgan fingerprint density at radius 2 is 2.46 bits per heavy atom. The molecule has 1 N–H and O–H groups in total. The van der Waals surface area contributed by atoms with Crippen LogP contribution in [0.25, 0.3) is 0 Å². The normalized spacial score (nSPS) is 10.7. The number of aromatic nitrogens is 1. The number of hydrogen-bond acceptors (Lipinski definition) is 4. The van der Waals surface area contributed by atoms with Crippen LogP contribution in [-0.4, -0.2) is 21.5 Å². The summed E-state index contributed by atoms with van der Waals surface area (Å²) < 4.78 is 4.82. The van der Waals surface area contributed by atoms with Gasteiger partial charge in [-0.2, -0.15) is 11.8 Å². The van der Waals surface area contributed by atoms with E-state index >= 15 is 0 Å². The molecule has 0 aromatic carbocycles. The second-order valence-corrected chi connectivity index (χ2v) is 4.41. The summed E-state index contributed by atoms with van der Waals surface area (Å²) >= 11 is 1.68. The third kappa shape index (κ3) is 3.10. The molecule has 0 bridgehead atoms. The standard InChI is InChI=1S/C8H11NO3S/c1-5(2)13-4-6-3-7(8(10)11)9-12-6/h3,5H,4H2,1-2H3,(H,10,11). The fourth-order valence-corrected chi connectivity index (χ4v) is 1.36. The molecule has 0 aliphatic carbocycles. The highest BCUT2D eigenvalue weighted by molar-refractivity contribution is 7.99. The van der Waals surface area contributed by atoms with Gasteiger partial charge in [0.1, 0.15) is 5.76 Å². The van der Waals surface area contributed by atoms with Crippen LogP contribution in [0.5, 0.6) is 0 Å². The largest absolute Gasteiger partial charge is 0.476 e. The van der Waals surface area contributed by atoms with Crippen LogP contribution in [0.2, 0.25) is 0 Å². The maximum Gasteiger partial charge on any atom is 0.358 e. The maximum atomic E-state index is 10.4. The Morgan fingerprint density at radius 3 is 2.92 bits per heavy atom. The molecule has 1 heterocycles. The number of carboxylic acids is 1. The summed E-state index contributed by atoms with van der Waals surface area (Å²) in [5.41, 5.74) is -0.0284. The number of nitrogens with zero attached hydrogens (tertiary/aromatic N) is 1. The van der Waals surface area contributed by atoms with E-state index in [1.807, 2.05) is 0 Å². The Kier molecular flexibility index (Phi) is 3.36. The minimum Gasteiger partial charge on any atom is -0.476 e. The van der Waals surface area contributed by atoms with Crippen molar-refractivity contribution < 1.29 is 14.4 Å². The minimum atomic E-state index is -1.05. The van der Waals surface area contributed by atoms with Crippen molar-refractivity contribution in [3.05, 3.63) is 17.5 Å². The zero-order valence-electron chi connectivity index (χ0n) is 7.48. The summed E-state index contributed by atoms with van der Waals surface area (Å²) in [5, 5.41) is 12.5. The summed E-state index contributed by atoms with van der Waals surface area (Å²) in [5.74, 6) is 0.221. The smallest absolute Gasteiger partial charge is 0.358 e. The van der Waals surface area contributed by atoms with Gasteiger partial charge in [-0.1, -0.05) is 19.0 Å². The molecule has 0 atom stereocenters. The third-order valence-electron chi connectivity index (χ3n) is 1.34. The minimum absolute atomic E-state index is 0.0284. The number of carbonyl (C=O) groups is 1. The van der Waals surface area contributed by atoms with Gasteiger partial charge in [0.25, 0.3) is 0 Å². The first-order chi connectivity index (χ1) is 6.09. The average molecular weight is 201 g/mol. The van der Waals surface area contributed by atoms with Gasteiger partial charge in [-0.05, 0) is 5.25 Å². The van der Waals surface area contributed by atoms with Gasteiger partial charge in [0.15, 0.2) is 5.69 Å². The molecule has 1 rings (SSSR count). The van der Waals surface area contributed by atoms with E-state index in [4.69, 9.17) is 9.63 Å². The zero-order chi connectivity index (χ0) is 9.84. The fraction of sp³-hybridized carbons (Fsp3) is 0.500. The first kappa shape index (κ1) is 10.1. The topological polar surface area (TPSA) is 63.3 Å². The average Bonchev–Trinajstić information content (AvgIpc) is 2.48. The monoisotopic (exact) mass is 201 g/mol. The van der Waals surface area contributed by atoms with Crippen LogP contribution in [0.3, 0.4) is 0 Å². The molecule has 0 spiro atoms. The summed E-state index contributed by atoms with van der Waals surface area (Å²) in [7, 11) is 0. The predicted octanol–water partition coefficient (Wildman–Crippen LogP) is 2.01. The molecule has 0 saturated carbocycles. The molecular formula is C8H11NO3S. The van der Waals surface area contributed by atoms with Gasteiger partial charge < -0.3 is 9.63 Å². The molecule has 0 amide bonds. The Bertz CT molecular complexity index is 295. The van der Waals surface area contributed by atoms with Crippen LogP contribution in [0.1, 0.15) is 30.1 Å². The molecule has 0 fully saturated rings. The second kappa shape index (κ2) is 4.32. The van der Waals surface area contributed by atoms with Crippen molar-refractivity contribution in [1.29, 1.82) is 0 Å². The molecule has 0 radical (unpaired) electrons. The highest BCUT2D eigenvalue weighted by Crippen LogP contribution is 2.17. The summed E-state index contributed by atoms with van der Waals surface area (Å²) in [6.45, 7) is 4.14. The van der Waals surface area contributed by atoms with Crippen LogP contribution in [0.15, 0.2) is 10.6 Å². The highest BCUT2D eigenvalue weighted by atomic mass is 32.2. The van der Waals surface area contributed by atoms with Gasteiger partial charge in [0.2, 0.25) is 0 Å². The van der Waals surface area contributed by atoms with Gasteiger partial charge in [0, 0.05) is 6.07 Å². The van der Waals surface area contributed by atoms with Crippen molar-refractivity contribution in [3.8, 4) is 0 Å². The molecule has 0 aliphatic rings. The van der Waals surface area contributed by atoms with Crippen molar-refractivity contribution in [2.75, 3.05) is 0 Å². The van der Waals surface area contributed by atoms with Crippen molar-refractivity contribution in [3.63, 3.8) is 0 Å². The lowest BCUT2D eigenvalue weighted by molar-refractivity contribution is 0.0685. The van der Waals surface area contributed by atoms with E-state index in [1.165, 1.54) is 6.07 Å². The second-order valence-electron chi connectivity index (χ2n) is 2.84. The summed E-state index contributed by atoms with van der Waals surface area (Å²) in [6, 6.07) is 1.46. The Labute approximate surface area is 80.3 Å². The van der Waals surface area contributed by atoms with E-state index in [1.54, 1.807) is 11.8 Å². The van der Waals surface area contributed by atoms with Crippen molar-refractivity contribution in [1.82, 2.24) is 5.16 Å². The van der Waals surface area contributed by atoms with Crippen LogP contribution >= 0.6 is 11.8 Å². The van der Waals surface area contributed by atoms with E-state index in [0.717, 1.165) is 0 Å². The molecular weight excluding hydrogens is 190 g/mol. The van der Waals surface area contributed by atoms with E-state index < -0.39 is 5.97 Å². The van der Waals surface area contributed by atoms with Crippen molar-refractivity contribution >= 4 is 17.7 Å². The van der Waals surface area contributed by atoms with Gasteiger partial charge in [-0.15, -0.1) is 0 Å². The quantitative estimate of drug-likeness (QED) is 0.807. The Hall–Kier alpha value is -0.970. The van der Waals surface area contributed by atoms with Crippen molar-refractivity contribution in [2.24, 2.45) is 0 Å². The molecule has 0 aliphatic heterocycles. The van der Waals surface area contributed by atoms with E-state index in [0.29, 0.717) is 16.8 Å². The van der Waals surface area contributed by atoms with E-state index in [-0.39, 0.29) is 5.69 Å². The molecule has 72 valence electrons. The summed E-state index contributed by atoms with van der Waals surface area (Å²) in [6.07, 6.45) is 0. The fourth-order valence-electron chi connectivity index (χ4n) is 0.731. The van der Waals surface area contributed by atoms with E-state index in [9.17, 15) is 4.79 Å². The number of thioether (sulfide) groups is 1. The van der Waals surface area contributed by atoms with Gasteiger partial charge in [-0.25, -0.2) is 4.79 Å². The predicted molar refractivity (Wildman–Crippen MR) is 49.9 cm³/mol. The van der Waals surface area contributed by atoms with Gasteiger partial charge in [0.05, 0.1) is 5.75 Å². The molecule has 5 heteroatoms. The van der Waals surface area contributed by atoms with Gasteiger partial charge >= 0.3 is 5.97 Å². The number of rotatable bonds is 4. The van der Waals surface area contributed by atoms with Crippen molar-refractivity contribution in [2.45, 2.75) is 24.9 Å². The van der Waals surface area contributed by atoms with Crippen LogP contribution < -0.4 is 0 Å². The van der Waals surface area contributed by atoms with Crippen LogP contribution in [0.4, 0.5) is 0 Å². The number of hydrogen-bond donors (Lipinski definition) is 1. The van der Waals surface area contributed by atoms with Crippen LogP contribution in [-0.2, 0) is 5.75 Å². The molecule has 1 aromatic heterocycles.